The van der Waals surface area contributed by atoms with Gasteiger partial charge in [0.1, 0.15) is 11.3 Å². The number of aryl methyl sites for hydroxylation is 1. The van der Waals surface area contributed by atoms with Gasteiger partial charge in [-0.15, -0.1) is 11.6 Å². The molecule has 3 rings (SSSR count). The van der Waals surface area contributed by atoms with Gasteiger partial charge in [-0.05, 0) is 30.4 Å². The van der Waals surface area contributed by atoms with Gasteiger partial charge in [0.05, 0.1) is 10.5 Å². The van der Waals surface area contributed by atoms with E-state index >= 15 is 0 Å². The van der Waals surface area contributed by atoms with Crippen LogP contribution in [0, 0.1) is 5.41 Å². The molecule has 4 heteroatoms. The van der Waals surface area contributed by atoms with Crippen LogP contribution in [-0.2, 0) is 13.0 Å². The van der Waals surface area contributed by atoms with Crippen LogP contribution in [0.15, 0.2) is 18.2 Å². The summed E-state index contributed by atoms with van der Waals surface area (Å²) < 4.78 is 2.34. The summed E-state index contributed by atoms with van der Waals surface area (Å²) in [5.74, 6) is 1.66. The lowest BCUT2D eigenvalue weighted by Gasteiger charge is -2.25. The molecule has 108 valence electrons. The van der Waals surface area contributed by atoms with Gasteiger partial charge in [0.25, 0.3) is 0 Å². The maximum Gasteiger partial charge on any atom is 0.111 e. The zero-order valence-electron chi connectivity index (χ0n) is 11.8. The Kier molecular flexibility index (Phi) is 3.96. The van der Waals surface area contributed by atoms with Crippen LogP contribution in [0.3, 0.4) is 0 Å². The van der Waals surface area contributed by atoms with Crippen LogP contribution in [0.2, 0.25) is 5.02 Å². The van der Waals surface area contributed by atoms with Crippen molar-refractivity contribution >= 4 is 34.2 Å². The molecule has 2 nitrogen and oxygen atoms in total. The molecule has 1 saturated carbocycles. The van der Waals surface area contributed by atoms with Gasteiger partial charge in [-0.1, -0.05) is 37.4 Å². The average Bonchev–Trinajstić information content (AvgIpc) is 2.98. The molecule has 0 spiro atoms. The Bertz CT molecular complexity index is 612. The fourth-order valence-corrected chi connectivity index (χ4v) is 3.76. The Balaban J connectivity index is 2.06. The van der Waals surface area contributed by atoms with Gasteiger partial charge in [-0.2, -0.15) is 0 Å². The Morgan fingerprint density at radius 3 is 2.75 bits per heavy atom. The molecule has 1 heterocycles. The number of hydrogen-bond acceptors (Lipinski definition) is 1. The predicted molar refractivity (Wildman–Crippen MR) is 85.7 cm³/mol. The zero-order chi connectivity index (χ0) is 14.2. The summed E-state index contributed by atoms with van der Waals surface area (Å²) in [6.07, 6.45) is 6.08. The van der Waals surface area contributed by atoms with Gasteiger partial charge in [-0.25, -0.2) is 4.98 Å². The highest BCUT2D eigenvalue weighted by Crippen LogP contribution is 2.40. The number of halogens is 2. The number of alkyl halides is 1. The number of para-hydroxylation sites is 1. The van der Waals surface area contributed by atoms with E-state index in [1.807, 2.05) is 12.1 Å². The number of rotatable bonds is 4. The second-order valence-corrected chi connectivity index (χ2v) is 6.96. The third-order valence-electron chi connectivity index (χ3n) is 4.48. The van der Waals surface area contributed by atoms with Crippen LogP contribution in [0.1, 0.15) is 38.4 Å². The Morgan fingerprint density at radius 1 is 1.30 bits per heavy atom. The van der Waals surface area contributed by atoms with Gasteiger partial charge in [0.15, 0.2) is 0 Å². The number of nitrogens with zero attached hydrogens (tertiary/aromatic N) is 2. The number of fused-ring (bicyclic) bond motifs is 1. The number of benzene rings is 1. The molecule has 0 bridgehead atoms. The highest BCUT2D eigenvalue weighted by molar-refractivity contribution is 6.34. The lowest BCUT2D eigenvalue weighted by Crippen LogP contribution is -2.21. The summed E-state index contributed by atoms with van der Waals surface area (Å²) in [6.45, 7) is 3.41. The van der Waals surface area contributed by atoms with E-state index < -0.39 is 0 Å². The van der Waals surface area contributed by atoms with Gasteiger partial charge in [0.2, 0.25) is 0 Å². The summed E-state index contributed by atoms with van der Waals surface area (Å²) in [4.78, 5) is 4.72. The molecule has 1 aliphatic rings. The molecule has 0 amide bonds. The van der Waals surface area contributed by atoms with Crippen molar-refractivity contribution in [2.24, 2.45) is 5.41 Å². The molecular weight excluding hydrogens is 291 g/mol. The van der Waals surface area contributed by atoms with E-state index in [1.54, 1.807) is 0 Å². The van der Waals surface area contributed by atoms with Crippen molar-refractivity contribution in [1.29, 1.82) is 0 Å². The SMILES string of the molecule is CC1(Cn2c(CCCl)nc3c(Cl)cccc32)CCCC1. The molecular formula is C16H20Cl2N2. The van der Waals surface area contributed by atoms with Crippen LogP contribution in [0.25, 0.3) is 11.0 Å². The maximum absolute atomic E-state index is 6.29. The summed E-state index contributed by atoms with van der Waals surface area (Å²) in [5.41, 5.74) is 2.44. The number of hydrogen-bond donors (Lipinski definition) is 0. The fourth-order valence-electron chi connectivity index (χ4n) is 3.38. The van der Waals surface area contributed by atoms with E-state index in [1.165, 1.54) is 25.7 Å². The average molecular weight is 311 g/mol. The molecule has 0 atom stereocenters. The number of imidazole rings is 1. The van der Waals surface area contributed by atoms with Crippen molar-refractivity contribution in [3.63, 3.8) is 0 Å². The van der Waals surface area contributed by atoms with Gasteiger partial charge in [-0.3, -0.25) is 0 Å². The molecule has 0 N–H and O–H groups in total. The van der Waals surface area contributed by atoms with E-state index in [-0.39, 0.29) is 0 Å². The zero-order valence-corrected chi connectivity index (χ0v) is 13.3. The quantitative estimate of drug-likeness (QED) is 0.722. The Hall–Kier alpha value is -0.730. The highest BCUT2D eigenvalue weighted by atomic mass is 35.5. The molecule has 0 radical (unpaired) electrons. The smallest absolute Gasteiger partial charge is 0.111 e. The van der Waals surface area contributed by atoms with E-state index in [9.17, 15) is 0 Å². The molecule has 20 heavy (non-hydrogen) atoms. The summed E-state index contributed by atoms with van der Waals surface area (Å²) in [6, 6.07) is 6.03. The van der Waals surface area contributed by atoms with Gasteiger partial charge in [0, 0.05) is 18.8 Å². The predicted octanol–water partition coefficient (Wildman–Crippen LogP) is 5.05. The van der Waals surface area contributed by atoms with E-state index in [4.69, 9.17) is 28.2 Å². The minimum absolute atomic E-state index is 0.386. The topological polar surface area (TPSA) is 17.8 Å². The first-order chi connectivity index (χ1) is 9.63. The van der Waals surface area contributed by atoms with Crippen molar-refractivity contribution in [2.45, 2.75) is 45.6 Å². The van der Waals surface area contributed by atoms with Gasteiger partial charge < -0.3 is 4.57 Å². The minimum Gasteiger partial charge on any atom is -0.327 e. The monoisotopic (exact) mass is 310 g/mol. The lowest BCUT2D eigenvalue weighted by atomic mass is 9.88. The van der Waals surface area contributed by atoms with Crippen molar-refractivity contribution in [2.75, 3.05) is 5.88 Å². The minimum atomic E-state index is 0.386. The first-order valence-corrected chi connectivity index (χ1v) is 8.24. The highest BCUT2D eigenvalue weighted by Gasteiger charge is 2.30. The fraction of sp³-hybridized carbons (Fsp3) is 0.562. The normalized spacial score (nSPS) is 17.9. The van der Waals surface area contributed by atoms with Crippen molar-refractivity contribution in [3.8, 4) is 0 Å². The molecule has 2 aromatic rings. The largest absolute Gasteiger partial charge is 0.327 e. The molecule has 1 fully saturated rings. The summed E-state index contributed by atoms with van der Waals surface area (Å²) in [7, 11) is 0. The van der Waals surface area contributed by atoms with Gasteiger partial charge >= 0.3 is 0 Å². The first kappa shape index (κ1) is 14.2. The van der Waals surface area contributed by atoms with Crippen LogP contribution in [0.5, 0.6) is 0 Å². The van der Waals surface area contributed by atoms with Crippen LogP contribution < -0.4 is 0 Å². The standard InChI is InChI=1S/C16H20Cl2N2/c1-16(8-2-3-9-16)11-20-13-6-4-5-12(18)15(13)19-14(20)7-10-17/h4-6H,2-3,7-11H2,1H3. The Labute approximate surface area is 130 Å². The first-order valence-electron chi connectivity index (χ1n) is 7.33. The molecule has 1 aromatic heterocycles. The second kappa shape index (κ2) is 5.57. The maximum atomic E-state index is 6.29. The summed E-state index contributed by atoms with van der Waals surface area (Å²) >= 11 is 12.2. The summed E-state index contributed by atoms with van der Waals surface area (Å²) in [5, 5.41) is 0.730. The van der Waals surface area contributed by atoms with E-state index in [2.05, 4.69) is 17.6 Å². The third-order valence-corrected chi connectivity index (χ3v) is 4.97. The van der Waals surface area contributed by atoms with E-state index in [0.717, 1.165) is 34.8 Å². The van der Waals surface area contributed by atoms with Crippen molar-refractivity contribution < 1.29 is 0 Å². The number of aromatic nitrogens is 2. The molecule has 1 aromatic carbocycles. The molecule has 0 saturated heterocycles. The van der Waals surface area contributed by atoms with Crippen LogP contribution >= 0.6 is 23.2 Å². The Morgan fingerprint density at radius 2 is 2.05 bits per heavy atom. The van der Waals surface area contributed by atoms with Crippen LogP contribution in [-0.4, -0.2) is 15.4 Å². The third kappa shape index (κ3) is 2.56. The van der Waals surface area contributed by atoms with Crippen LogP contribution in [0.4, 0.5) is 0 Å². The molecule has 1 aliphatic carbocycles. The van der Waals surface area contributed by atoms with Crippen molar-refractivity contribution in [3.05, 3.63) is 29.0 Å². The molecule has 0 unspecified atom stereocenters. The lowest BCUT2D eigenvalue weighted by molar-refractivity contribution is 0.282. The second-order valence-electron chi connectivity index (χ2n) is 6.18. The van der Waals surface area contributed by atoms with E-state index in [0.29, 0.717) is 11.3 Å². The molecule has 0 aliphatic heterocycles. The van der Waals surface area contributed by atoms with Crippen molar-refractivity contribution in [1.82, 2.24) is 9.55 Å².